The summed E-state index contributed by atoms with van der Waals surface area (Å²) in [5, 5.41) is 4.76. The number of hydrogen-bond donors (Lipinski definition) is 0. The van der Waals surface area contributed by atoms with Gasteiger partial charge in [0.2, 0.25) is 0 Å². The highest BCUT2D eigenvalue weighted by Gasteiger charge is 1.98. The molecule has 0 radical (unpaired) electrons. The lowest BCUT2D eigenvalue weighted by atomic mass is 10.2. The Morgan fingerprint density at radius 3 is 3.00 bits per heavy atom. The van der Waals surface area contributed by atoms with Crippen LogP contribution in [0.15, 0.2) is 29.4 Å². The van der Waals surface area contributed by atoms with Gasteiger partial charge in [0.25, 0.3) is 0 Å². The van der Waals surface area contributed by atoms with Crippen molar-refractivity contribution in [1.29, 1.82) is 0 Å². The predicted molar refractivity (Wildman–Crippen MR) is 55.4 cm³/mol. The number of thiophene rings is 1. The maximum absolute atomic E-state index is 8.26. The average Bonchev–Trinajstić information content (AvgIpc) is 2.44. The van der Waals surface area contributed by atoms with Crippen LogP contribution in [0.2, 0.25) is 0 Å². The fourth-order valence-electron chi connectivity index (χ4n) is 1.27. The van der Waals surface area contributed by atoms with Crippen molar-refractivity contribution in [2.45, 2.75) is 6.92 Å². The van der Waals surface area contributed by atoms with E-state index in [-0.39, 0.29) is 0 Å². The minimum atomic E-state index is 0.678. The zero-order valence-electron chi connectivity index (χ0n) is 7.06. The summed E-state index contributed by atoms with van der Waals surface area (Å²) in [5.74, 6) is 0. The lowest BCUT2D eigenvalue weighted by Gasteiger charge is -1.90. The van der Waals surface area contributed by atoms with Crippen molar-refractivity contribution in [3.63, 3.8) is 0 Å². The first-order chi connectivity index (χ1) is 6.29. The van der Waals surface area contributed by atoms with Gasteiger partial charge in [-0.2, -0.15) is 0 Å². The monoisotopic (exact) mass is 189 g/mol. The van der Waals surface area contributed by atoms with Crippen LogP contribution in [0, 0.1) is 6.92 Å². The molecule has 13 heavy (non-hydrogen) atoms. The minimum absolute atomic E-state index is 0.678. The third kappa shape index (κ3) is 1.49. The number of fused-ring (bicyclic) bond motifs is 1. The Kier molecular flexibility index (Phi) is 1.93. The van der Waals surface area contributed by atoms with Crippen molar-refractivity contribution in [3.05, 3.63) is 39.6 Å². The van der Waals surface area contributed by atoms with Gasteiger partial charge in [0.05, 0.1) is 0 Å². The Bertz CT molecular complexity index is 495. The smallest absolute Gasteiger partial charge is 0.0389 e. The summed E-state index contributed by atoms with van der Waals surface area (Å²) in [6.45, 7) is 2.07. The molecule has 0 spiro atoms. The molecule has 0 N–H and O–H groups in total. The third-order valence-corrected chi connectivity index (χ3v) is 2.80. The summed E-state index contributed by atoms with van der Waals surface area (Å²) in [7, 11) is 0. The zero-order valence-corrected chi connectivity index (χ0v) is 7.88. The van der Waals surface area contributed by atoms with Crippen molar-refractivity contribution in [2.75, 3.05) is 0 Å². The highest BCUT2D eigenvalue weighted by atomic mass is 32.1. The van der Waals surface area contributed by atoms with Gasteiger partial charge in [-0.1, -0.05) is 17.2 Å². The van der Waals surface area contributed by atoms with E-state index >= 15 is 0 Å². The molecule has 0 unspecified atom stereocenters. The molecule has 0 aliphatic heterocycles. The summed E-state index contributed by atoms with van der Waals surface area (Å²) in [6.07, 6.45) is 0. The van der Waals surface area contributed by atoms with E-state index in [9.17, 15) is 0 Å². The number of azide groups is 1. The van der Waals surface area contributed by atoms with Crippen LogP contribution < -0.4 is 0 Å². The van der Waals surface area contributed by atoms with Crippen LogP contribution in [0.4, 0.5) is 5.69 Å². The molecule has 0 amide bonds. The van der Waals surface area contributed by atoms with Crippen LogP contribution in [-0.2, 0) is 0 Å². The van der Waals surface area contributed by atoms with Crippen molar-refractivity contribution < 1.29 is 0 Å². The molecule has 1 aromatic carbocycles. The second-order valence-corrected chi connectivity index (χ2v) is 4.06. The zero-order chi connectivity index (χ0) is 9.26. The molecule has 0 aliphatic carbocycles. The fourth-order valence-corrected chi connectivity index (χ4v) is 2.22. The number of nitrogens with zero attached hydrogens (tertiary/aromatic N) is 3. The minimum Gasteiger partial charge on any atom is -0.141 e. The average molecular weight is 189 g/mol. The van der Waals surface area contributed by atoms with Crippen molar-refractivity contribution in [3.8, 4) is 0 Å². The van der Waals surface area contributed by atoms with Crippen LogP contribution in [0.3, 0.4) is 0 Å². The van der Waals surface area contributed by atoms with Crippen LogP contribution >= 0.6 is 11.3 Å². The highest BCUT2D eigenvalue weighted by molar-refractivity contribution is 7.19. The molecule has 3 nitrogen and oxygen atoms in total. The molecule has 0 saturated heterocycles. The number of aryl methyl sites for hydroxylation is 1. The molecule has 0 atom stereocenters. The van der Waals surface area contributed by atoms with Gasteiger partial charge >= 0.3 is 0 Å². The van der Waals surface area contributed by atoms with Crippen LogP contribution in [0.1, 0.15) is 4.88 Å². The lowest BCUT2D eigenvalue weighted by molar-refractivity contribution is 1.50. The summed E-state index contributed by atoms with van der Waals surface area (Å²) >= 11 is 1.71. The Labute approximate surface area is 79.3 Å². The maximum atomic E-state index is 8.26. The molecule has 4 heteroatoms. The third-order valence-electron chi connectivity index (χ3n) is 1.79. The normalized spacial score (nSPS) is 9.92. The molecular formula is C9H7N3S. The van der Waals surface area contributed by atoms with Gasteiger partial charge < -0.3 is 0 Å². The molecule has 1 heterocycles. The van der Waals surface area contributed by atoms with Gasteiger partial charge in [0, 0.05) is 20.2 Å². The molecule has 0 saturated carbocycles. The Balaban J connectivity index is 2.67. The van der Waals surface area contributed by atoms with E-state index in [0.29, 0.717) is 5.69 Å². The summed E-state index contributed by atoms with van der Waals surface area (Å²) in [4.78, 5) is 4.02. The molecular weight excluding hydrogens is 182 g/mol. The molecule has 0 aliphatic rings. The Morgan fingerprint density at radius 1 is 1.38 bits per heavy atom. The molecule has 1 aromatic heterocycles. The number of hydrogen-bond acceptors (Lipinski definition) is 2. The second kappa shape index (κ2) is 3.09. The highest BCUT2D eigenvalue weighted by Crippen LogP contribution is 2.28. The predicted octanol–water partition coefficient (Wildman–Crippen LogP) is 4.15. The van der Waals surface area contributed by atoms with Gasteiger partial charge in [-0.25, -0.2) is 0 Å². The van der Waals surface area contributed by atoms with Crippen molar-refractivity contribution in [2.24, 2.45) is 5.11 Å². The van der Waals surface area contributed by atoms with E-state index in [2.05, 4.69) is 23.0 Å². The van der Waals surface area contributed by atoms with Gasteiger partial charge in [-0.05, 0) is 30.0 Å². The van der Waals surface area contributed by atoms with E-state index < -0.39 is 0 Å². The van der Waals surface area contributed by atoms with Crippen LogP contribution in [0.25, 0.3) is 20.5 Å². The molecule has 2 rings (SSSR count). The van der Waals surface area contributed by atoms with Crippen LogP contribution in [0.5, 0.6) is 0 Å². The van der Waals surface area contributed by atoms with Gasteiger partial charge in [-0.15, -0.1) is 11.3 Å². The molecule has 64 valence electrons. The number of rotatable bonds is 1. The van der Waals surface area contributed by atoms with Gasteiger partial charge in [0.15, 0.2) is 0 Å². The van der Waals surface area contributed by atoms with Crippen molar-refractivity contribution in [1.82, 2.24) is 0 Å². The van der Waals surface area contributed by atoms with E-state index in [1.807, 2.05) is 18.2 Å². The SMILES string of the molecule is Cc1cc2ccc(N=[N+]=[N-])cc2s1. The number of benzene rings is 1. The largest absolute Gasteiger partial charge is 0.141 e. The first kappa shape index (κ1) is 8.10. The lowest BCUT2D eigenvalue weighted by Crippen LogP contribution is -1.61. The quantitative estimate of drug-likeness (QED) is 0.367. The molecule has 0 fully saturated rings. The summed E-state index contributed by atoms with van der Waals surface area (Å²) in [6, 6.07) is 7.84. The van der Waals surface area contributed by atoms with Crippen molar-refractivity contribution >= 4 is 27.1 Å². The first-order valence-electron chi connectivity index (χ1n) is 3.85. The summed E-state index contributed by atoms with van der Waals surface area (Å²) < 4.78 is 1.17. The first-order valence-corrected chi connectivity index (χ1v) is 4.66. The second-order valence-electron chi connectivity index (χ2n) is 2.77. The molecule has 2 aromatic rings. The Hall–Kier alpha value is -1.51. The maximum Gasteiger partial charge on any atom is 0.0389 e. The van der Waals surface area contributed by atoms with Crippen LogP contribution in [-0.4, -0.2) is 0 Å². The standard InChI is InChI=1S/C9H7N3S/c1-6-4-7-2-3-8(11-12-10)5-9(7)13-6/h2-5H,1H3. The summed E-state index contributed by atoms with van der Waals surface area (Å²) in [5.41, 5.74) is 8.94. The van der Waals surface area contributed by atoms with E-state index in [1.165, 1.54) is 15.0 Å². The van der Waals surface area contributed by atoms with Gasteiger partial charge in [0.1, 0.15) is 0 Å². The van der Waals surface area contributed by atoms with Gasteiger partial charge in [-0.3, -0.25) is 0 Å². The van der Waals surface area contributed by atoms with E-state index in [1.54, 1.807) is 11.3 Å². The fraction of sp³-hybridized carbons (Fsp3) is 0.111. The molecule has 0 bridgehead atoms. The van der Waals surface area contributed by atoms with E-state index in [4.69, 9.17) is 5.53 Å². The topological polar surface area (TPSA) is 48.8 Å². The van der Waals surface area contributed by atoms with E-state index in [0.717, 1.165) is 0 Å². The Morgan fingerprint density at radius 2 is 2.23 bits per heavy atom.